The van der Waals surface area contributed by atoms with Gasteiger partial charge in [-0.05, 0) is 67.7 Å². The van der Waals surface area contributed by atoms with Crippen molar-refractivity contribution in [3.05, 3.63) is 29.8 Å². The summed E-state index contributed by atoms with van der Waals surface area (Å²) in [7, 11) is 0. The smallest absolute Gasteiger partial charge is 0.244 e. The Labute approximate surface area is 136 Å². The van der Waals surface area contributed by atoms with Gasteiger partial charge in [-0.25, -0.2) is 0 Å². The van der Waals surface area contributed by atoms with Crippen molar-refractivity contribution in [3.63, 3.8) is 0 Å². The molecule has 1 aromatic carbocycles. The van der Waals surface area contributed by atoms with Crippen molar-refractivity contribution >= 4 is 12.0 Å². The predicted molar refractivity (Wildman–Crippen MR) is 88.1 cm³/mol. The standard InChI is InChI=1S/C19H23NO3/c1-12(16-9-14-2-5-15(16)8-14)20-19(21)7-4-13-3-6-17-18(10-13)23-11-22-17/h3-4,6-7,10,12,14-16H,2,5,8-9,11H2,1H3,(H,20,21). The van der Waals surface area contributed by atoms with Crippen LogP contribution in [0.3, 0.4) is 0 Å². The highest BCUT2D eigenvalue weighted by atomic mass is 16.7. The average Bonchev–Trinajstić information content (AvgIpc) is 3.28. The topological polar surface area (TPSA) is 47.6 Å². The van der Waals surface area contributed by atoms with Crippen molar-refractivity contribution in [2.75, 3.05) is 6.79 Å². The lowest BCUT2D eigenvalue weighted by atomic mass is 9.84. The van der Waals surface area contributed by atoms with Gasteiger partial charge < -0.3 is 14.8 Å². The van der Waals surface area contributed by atoms with Crippen LogP contribution >= 0.6 is 0 Å². The van der Waals surface area contributed by atoms with Gasteiger partial charge in [0.05, 0.1) is 0 Å². The van der Waals surface area contributed by atoms with E-state index in [-0.39, 0.29) is 18.7 Å². The summed E-state index contributed by atoms with van der Waals surface area (Å²) < 4.78 is 10.6. The van der Waals surface area contributed by atoms with Gasteiger partial charge in [-0.3, -0.25) is 4.79 Å². The Morgan fingerprint density at radius 2 is 2.13 bits per heavy atom. The maximum atomic E-state index is 12.2. The van der Waals surface area contributed by atoms with Crippen molar-refractivity contribution in [3.8, 4) is 11.5 Å². The second-order valence-corrected chi connectivity index (χ2v) is 7.08. The number of benzene rings is 1. The van der Waals surface area contributed by atoms with Gasteiger partial charge >= 0.3 is 0 Å². The fourth-order valence-corrected chi connectivity index (χ4v) is 4.47. The Hall–Kier alpha value is -1.97. The molecule has 122 valence electrons. The van der Waals surface area contributed by atoms with Crippen LogP contribution in [0.1, 0.15) is 38.2 Å². The maximum Gasteiger partial charge on any atom is 0.244 e. The van der Waals surface area contributed by atoms with E-state index >= 15 is 0 Å². The zero-order valence-corrected chi connectivity index (χ0v) is 13.5. The van der Waals surface area contributed by atoms with Crippen LogP contribution in [0.25, 0.3) is 6.08 Å². The van der Waals surface area contributed by atoms with Crippen LogP contribution in [-0.4, -0.2) is 18.7 Å². The molecule has 4 unspecified atom stereocenters. The molecule has 0 aromatic heterocycles. The van der Waals surface area contributed by atoms with E-state index < -0.39 is 0 Å². The molecule has 1 aromatic rings. The number of carbonyl (C=O) groups excluding carboxylic acids is 1. The molecule has 23 heavy (non-hydrogen) atoms. The normalized spacial score (nSPS) is 29.2. The molecule has 2 bridgehead atoms. The summed E-state index contributed by atoms with van der Waals surface area (Å²) in [5, 5.41) is 3.15. The van der Waals surface area contributed by atoms with E-state index in [9.17, 15) is 4.79 Å². The Kier molecular flexibility index (Phi) is 3.76. The third-order valence-corrected chi connectivity index (χ3v) is 5.63. The van der Waals surface area contributed by atoms with E-state index in [1.54, 1.807) is 6.08 Å². The lowest BCUT2D eigenvalue weighted by molar-refractivity contribution is -0.117. The highest BCUT2D eigenvalue weighted by molar-refractivity contribution is 5.92. The molecular formula is C19H23NO3. The fourth-order valence-electron chi connectivity index (χ4n) is 4.47. The van der Waals surface area contributed by atoms with Crippen LogP contribution in [0.15, 0.2) is 24.3 Å². The van der Waals surface area contributed by atoms with E-state index in [0.29, 0.717) is 5.92 Å². The molecular weight excluding hydrogens is 290 g/mol. The summed E-state index contributed by atoms with van der Waals surface area (Å²) in [6.45, 7) is 2.42. The Balaban J connectivity index is 1.34. The summed E-state index contributed by atoms with van der Waals surface area (Å²) in [6.07, 6.45) is 8.84. The number of amides is 1. The molecule has 4 rings (SSSR count). The minimum Gasteiger partial charge on any atom is -0.454 e. The van der Waals surface area contributed by atoms with Crippen LogP contribution < -0.4 is 14.8 Å². The number of carbonyl (C=O) groups is 1. The zero-order valence-electron chi connectivity index (χ0n) is 13.5. The Bertz CT molecular complexity index is 640. The molecule has 0 spiro atoms. The maximum absolute atomic E-state index is 12.2. The monoisotopic (exact) mass is 313 g/mol. The van der Waals surface area contributed by atoms with E-state index in [0.717, 1.165) is 28.9 Å². The van der Waals surface area contributed by atoms with Gasteiger partial charge in [0.2, 0.25) is 12.7 Å². The highest BCUT2D eigenvalue weighted by Gasteiger charge is 2.41. The van der Waals surface area contributed by atoms with E-state index in [2.05, 4.69) is 12.2 Å². The minimum atomic E-state index is -0.0158. The summed E-state index contributed by atoms with van der Waals surface area (Å²) in [5.74, 6) is 3.88. The minimum absolute atomic E-state index is 0.0158. The first kappa shape index (κ1) is 14.6. The van der Waals surface area contributed by atoms with Crippen LogP contribution in [-0.2, 0) is 4.79 Å². The van der Waals surface area contributed by atoms with Gasteiger partial charge in [0, 0.05) is 12.1 Å². The second-order valence-electron chi connectivity index (χ2n) is 7.08. The van der Waals surface area contributed by atoms with Crippen LogP contribution in [0.5, 0.6) is 11.5 Å². The number of hydrogen-bond donors (Lipinski definition) is 1. The van der Waals surface area contributed by atoms with Crippen LogP contribution in [0.2, 0.25) is 0 Å². The molecule has 4 atom stereocenters. The van der Waals surface area contributed by atoms with E-state index in [1.165, 1.54) is 25.7 Å². The van der Waals surface area contributed by atoms with Crippen molar-refractivity contribution in [2.24, 2.45) is 17.8 Å². The summed E-state index contributed by atoms with van der Waals surface area (Å²) in [5.41, 5.74) is 0.942. The zero-order chi connectivity index (χ0) is 15.8. The fraction of sp³-hybridized carbons (Fsp3) is 0.526. The molecule has 2 fully saturated rings. The van der Waals surface area contributed by atoms with E-state index in [1.807, 2.05) is 24.3 Å². The van der Waals surface area contributed by atoms with Crippen LogP contribution in [0, 0.1) is 17.8 Å². The lowest BCUT2D eigenvalue weighted by Gasteiger charge is -2.28. The number of nitrogens with one attached hydrogen (secondary N) is 1. The van der Waals surface area contributed by atoms with Crippen molar-refractivity contribution in [2.45, 2.75) is 38.6 Å². The van der Waals surface area contributed by atoms with Gasteiger partial charge in [-0.2, -0.15) is 0 Å². The SMILES string of the molecule is CC(NC(=O)C=Cc1ccc2c(c1)OCO2)C1CC2CCC1C2. The number of rotatable bonds is 4. The third-order valence-electron chi connectivity index (χ3n) is 5.63. The first-order chi connectivity index (χ1) is 11.2. The van der Waals surface area contributed by atoms with Crippen molar-refractivity contribution < 1.29 is 14.3 Å². The molecule has 1 heterocycles. The van der Waals surface area contributed by atoms with E-state index in [4.69, 9.17) is 9.47 Å². The molecule has 0 radical (unpaired) electrons. The predicted octanol–water partition coefficient (Wildman–Crippen LogP) is 3.37. The Morgan fingerprint density at radius 1 is 1.26 bits per heavy atom. The first-order valence-electron chi connectivity index (χ1n) is 8.57. The molecule has 4 heteroatoms. The summed E-state index contributed by atoms with van der Waals surface area (Å²) >= 11 is 0. The molecule has 3 aliphatic rings. The summed E-state index contributed by atoms with van der Waals surface area (Å²) in [4.78, 5) is 12.2. The quantitative estimate of drug-likeness (QED) is 0.867. The van der Waals surface area contributed by atoms with Gasteiger partial charge in [0.25, 0.3) is 0 Å². The molecule has 1 aliphatic heterocycles. The van der Waals surface area contributed by atoms with Gasteiger partial charge in [0.1, 0.15) is 0 Å². The highest BCUT2D eigenvalue weighted by Crippen LogP contribution is 2.49. The molecule has 2 aliphatic carbocycles. The first-order valence-corrected chi connectivity index (χ1v) is 8.57. The second kappa shape index (κ2) is 5.91. The largest absolute Gasteiger partial charge is 0.454 e. The van der Waals surface area contributed by atoms with Crippen molar-refractivity contribution in [1.29, 1.82) is 0 Å². The van der Waals surface area contributed by atoms with Gasteiger partial charge in [-0.1, -0.05) is 12.5 Å². The van der Waals surface area contributed by atoms with Gasteiger partial charge in [0.15, 0.2) is 11.5 Å². The Morgan fingerprint density at radius 3 is 2.91 bits per heavy atom. The molecule has 0 saturated heterocycles. The van der Waals surface area contributed by atoms with Gasteiger partial charge in [-0.15, -0.1) is 0 Å². The number of ether oxygens (including phenoxy) is 2. The molecule has 4 nitrogen and oxygen atoms in total. The number of hydrogen-bond acceptors (Lipinski definition) is 3. The molecule has 2 saturated carbocycles. The van der Waals surface area contributed by atoms with Crippen LogP contribution in [0.4, 0.5) is 0 Å². The van der Waals surface area contributed by atoms with Crippen molar-refractivity contribution in [1.82, 2.24) is 5.32 Å². The molecule has 1 N–H and O–H groups in total. The third kappa shape index (κ3) is 2.94. The summed E-state index contributed by atoms with van der Waals surface area (Å²) in [6, 6.07) is 5.96. The molecule has 1 amide bonds. The average molecular weight is 313 g/mol. The lowest BCUT2D eigenvalue weighted by Crippen LogP contribution is -2.39. The number of fused-ring (bicyclic) bond motifs is 3.